The molecule has 0 aliphatic carbocycles. The Kier molecular flexibility index (Phi) is 5.04. The molecule has 0 unspecified atom stereocenters. The van der Waals surface area contributed by atoms with Crippen LogP contribution in [0.5, 0.6) is 0 Å². The van der Waals surface area contributed by atoms with Crippen molar-refractivity contribution in [2.75, 3.05) is 0 Å². The van der Waals surface area contributed by atoms with E-state index in [1.54, 1.807) is 0 Å². The highest BCUT2D eigenvalue weighted by Gasteiger charge is 2.41. The Morgan fingerprint density at radius 1 is 0.423 bits per heavy atom. The Balaban J connectivity index is 2.14. The summed E-state index contributed by atoms with van der Waals surface area (Å²) in [6.45, 7) is 0. The summed E-state index contributed by atoms with van der Waals surface area (Å²) in [5.74, 6) is 0. The summed E-state index contributed by atoms with van der Waals surface area (Å²) in [7, 11) is -2.34. The SMILES string of the molecule is Ic1cccc([Si](c2ccccc2)(c2ccccc2)c2ccccc2)c1. The van der Waals surface area contributed by atoms with Crippen molar-refractivity contribution in [1.82, 2.24) is 0 Å². The van der Waals surface area contributed by atoms with Crippen LogP contribution in [-0.2, 0) is 0 Å². The van der Waals surface area contributed by atoms with Gasteiger partial charge in [0.05, 0.1) is 0 Å². The third kappa shape index (κ3) is 3.04. The molecule has 4 aromatic carbocycles. The molecule has 0 fully saturated rings. The lowest BCUT2D eigenvalue weighted by molar-refractivity contribution is 1.64. The molecule has 4 rings (SSSR count). The summed E-state index contributed by atoms with van der Waals surface area (Å²) in [5, 5.41) is 5.67. The van der Waals surface area contributed by atoms with Crippen LogP contribution in [0.15, 0.2) is 115 Å². The largest absolute Gasteiger partial charge is 0.179 e. The first-order valence-corrected chi connectivity index (χ1v) is 11.8. The van der Waals surface area contributed by atoms with Crippen molar-refractivity contribution >= 4 is 51.4 Å². The topological polar surface area (TPSA) is 0 Å². The molecule has 0 heterocycles. The molecule has 0 nitrogen and oxygen atoms in total. The minimum absolute atomic E-state index is 1.28. The standard InChI is InChI=1S/C24H19ISi/c25-20-11-10-18-24(19-20)26(21-12-4-1-5-13-21,22-14-6-2-7-15-22)23-16-8-3-9-17-23/h1-19H. The minimum atomic E-state index is -2.34. The highest BCUT2D eigenvalue weighted by atomic mass is 127. The lowest BCUT2D eigenvalue weighted by Crippen LogP contribution is -2.74. The van der Waals surface area contributed by atoms with Gasteiger partial charge in [-0.05, 0) is 55.5 Å². The predicted molar refractivity (Wildman–Crippen MR) is 123 cm³/mol. The Labute approximate surface area is 169 Å². The summed E-state index contributed by atoms with van der Waals surface area (Å²) >= 11 is 2.43. The molecule has 0 atom stereocenters. The van der Waals surface area contributed by atoms with Gasteiger partial charge >= 0.3 is 0 Å². The smallest absolute Gasteiger partial charge is 0.0623 e. The maximum absolute atomic E-state index is 2.43. The Bertz CT molecular complexity index is 885. The fraction of sp³-hybridized carbons (Fsp3) is 0. The fourth-order valence-electron chi connectivity index (χ4n) is 3.79. The van der Waals surface area contributed by atoms with Crippen LogP contribution in [0.3, 0.4) is 0 Å². The number of halogens is 1. The van der Waals surface area contributed by atoms with E-state index < -0.39 is 8.07 Å². The molecule has 0 aliphatic rings. The maximum Gasteiger partial charge on any atom is 0.179 e. The lowest BCUT2D eigenvalue weighted by Gasteiger charge is -2.34. The second-order valence-corrected chi connectivity index (χ2v) is 11.4. The molecular weight excluding hydrogens is 443 g/mol. The van der Waals surface area contributed by atoms with Crippen molar-refractivity contribution < 1.29 is 0 Å². The van der Waals surface area contributed by atoms with E-state index in [1.165, 1.54) is 24.3 Å². The zero-order valence-electron chi connectivity index (χ0n) is 14.3. The quantitative estimate of drug-likeness (QED) is 0.247. The van der Waals surface area contributed by atoms with Crippen molar-refractivity contribution in [1.29, 1.82) is 0 Å². The number of hydrogen-bond acceptors (Lipinski definition) is 0. The van der Waals surface area contributed by atoms with Gasteiger partial charge in [-0.25, -0.2) is 0 Å². The Morgan fingerprint density at radius 2 is 0.808 bits per heavy atom. The number of hydrogen-bond donors (Lipinski definition) is 0. The first-order valence-electron chi connectivity index (χ1n) is 8.74. The molecule has 4 aromatic rings. The molecule has 26 heavy (non-hydrogen) atoms. The Morgan fingerprint density at radius 3 is 1.19 bits per heavy atom. The molecule has 0 bridgehead atoms. The van der Waals surface area contributed by atoms with Gasteiger partial charge in [-0.15, -0.1) is 0 Å². The van der Waals surface area contributed by atoms with E-state index >= 15 is 0 Å². The first-order chi connectivity index (χ1) is 12.8. The van der Waals surface area contributed by atoms with E-state index in [2.05, 4.69) is 138 Å². The van der Waals surface area contributed by atoms with Gasteiger partial charge in [0.1, 0.15) is 0 Å². The number of benzene rings is 4. The van der Waals surface area contributed by atoms with Gasteiger partial charge in [0.2, 0.25) is 0 Å². The molecule has 2 heteroatoms. The molecule has 0 saturated carbocycles. The summed E-state index contributed by atoms with van der Waals surface area (Å²) in [6.07, 6.45) is 0. The summed E-state index contributed by atoms with van der Waals surface area (Å²) < 4.78 is 1.28. The summed E-state index contributed by atoms with van der Waals surface area (Å²) in [4.78, 5) is 0. The van der Waals surface area contributed by atoms with Gasteiger partial charge in [0.15, 0.2) is 8.07 Å². The zero-order chi connectivity index (χ0) is 17.8. The van der Waals surface area contributed by atoms with Crippen molar-refractivity contribution in [2.45, 2.75) is 0 Å². The van der Waals surface area contributed by atoms with Crippen molar-refractivity contribution in [3.63, 3.8) is 0 Å². The van der Waals surface area contributed by atoms with E-state index in [4.69, 9.17) is 0 Å². The van der Waals surface area contributed by atoms with Crippen LogP contribution >= 0.6 is 22.6 Å². The maximum atomic E-state index is 2.43. The van der Waals surface area contributed by atoms with Gasteiger partial charge < -0.3 is 0 Å². The van der Waals surface area contributed by atoms with Crippen molar-refractivity contribution in [2.24, 2.45) is 0 Å². The van der Waals surface area contributed by atoms with Gasteiger partial charge in [0, 0.05) is 3.57 Å². The Hall–Kier alpha value is -2.17. The highest BCUT2D eigenvalue weighted by molar-refractivity contribution is 14.1. The first kappa shape index (κ1) is 17.3. The molecule has 0 saturated heterocycles. The fourth-order valence-corrected chi connectivity index (χ4v) is 9.42. The average Bonchev–Trinajstić information content (AvgIpc) is 2.71. The predicted octanol–water partition coefficient (Wildman–Crippen LogP) is 3.67. The van der Waals surface area contributed by atoms with E-state index in [-0.39, 0.29) is 0 Å². The summed E-state index contributed by atoms with van der Waals surface area (Å²) in [5.41, 5.74) is 0. The molecule has 126 valence electrons. The highest BCUT2D eigenvalue weighted by Crippen LogP contribution is 2.11. The molecule has 0 radical (unpaired) electrons. The molecule has 0 spiro atoms. The lowest BCUT2D eigenvalue weighted by atomic mass is 10.3. The summed E-state index contributed by atoms with van der Waals surface area (Å²) in [6, 6.07) is 42.1. The van der Waals surface area contributed by atoms with Gasteiger partial charge in [0.25, 0.3) is 0 Å². The van der Waals surface area contributed by atoms with Gasteiger partial charge in [-0.3, -0.25) is 0 Å². The van der Waals surface area contributed by atoms with Crippen LogP contribution in [0.2, 0.25) is 0 Å². The molecule has 0 aromatic heterocycles. The van der Waals surface area contributed by atoms with E-state index in [0.717, 1.165) is 0 Å². The van der Waals surface area contributed by atoms with E-state index in [9.17, 15) is 0 Å². The molecule has 0 aliphatic heterocycles. The monoisotopic (exact) mass is 462 g/mol. The van der Waals surface area contributed by atoms with E-state index in [0.29, 0.717) is 0 Å². The second-order valence-electron chi connectivity index (χ2n) is 6.36. The van der Waals surface area contributed by atoms with E-state index in [1.807, 2.05) is 0 Å². The molecule has 0 amide bonds. The van der Waals surface area contributed by atoms with Crippen LogP contribution in [0, 0.1) is 3.57 Å². The third-order valence-corrected chi connectivity index (χ3v) is 10.3. The van der Waals surface area contributed by atoms with Gasteiger partial charge in [-0.1, -0.05) is 103 Å². The van der Waals surface area contributed by atoms with Crippen LogP contribution in [0.4, 0.5) is 0 Å². The molecule has 0 N–H and O–H groups in total. The van der Waals surface area contributed by atoms with Crippen LogP contribution < -0.4 is 20.7 Å². The van der Waals surface area contributed by atoms with Crippen molar-refractivity contribution in [3.8, 4) is 0 Å². The van der Waals surface area contributed by atoms with Crippen LogP contribution in [-0.4, -0.2) is 8.07 Å². The van der Waals surface area contributed by atoms with Crippen molar-refractivity contribution in [3.05, 3.63) is 119 Å². The second kappa shape index (κ2) is 7.60. The van der Waals surface area contributed by atoms with Gasteiger partial charge in [-0.2, -0.15) is 0 Å². The molecular formula is C24H19ISi. The normalized spacial score (nSPS) is 11.3. The van der Waals surface area contributed by atoms with Crippen LogP contribution in [0.1, 0.15) is 0 Å². The number of rotatable bonds is 4. The third-order valence-electron chi connectivity index (χ3n) is 4.88. The average molecular weight is 462 g/mol. The van der Waals surface area contributed by atoms with Crippen LogP contribution in [0.25, 0.3) is 0 Å². The zero-order valence-corrected chi connectivity index (χ0v) is 17.5. The minimum Gasteiger partial charge on any atom is -0.0623 e.